The van der Waals surface area contributed by atoms with Crippen molar-refractivity contribution in [1.82, 2.24) is 5.32 Å². The number of carbonyl (C=O) groups is 1. The third-order valence-electron chi connectivity index (χ3n) is 11.7. The lowest BCUT2D eigenvalue weighted by Crippen LogP contribution is -2.46. The van der Waals surface area contributed by atoms with Crippen molar-refractivity contribution in [3.8, 4) is 0 Å². The van der Waals surface area contributed by atoms with Crippen LogP contribution in [0.25, 0.3) is 0 Å². The fraction of sp³-hybridized carbons (Fsp3) is 0.902. The van der Waals surface area contributed by atoms with E-state index in [9.17, 15) is 19.4 Å². The molecule has 1 amide bonds. The van der Waals surface area contributed by atoms with E-state index >= 15 is 0 Å². The molecule has 0 aliphatic heterocycles. The first-order valence-electron chi connectivity index (χ1n) is 25.7. The van der Waals surface area contributed by atoms with Crippen LogP contribution >= 0.6 is 7.82 Å². The summed E-state index contributed by atoms with van der Waals surface area (Å²) < 4.78 is 23.3. The smallest absolute Gasteiger partial charge is 0.268 e. The predicted octanol–water partition coefficient (Wildman–Crippen LogP) is 14.2. The lowest BCUT2D eigenvalue weighted by molar-refractivity contribution is -0.870. The Balaban J connectivity index is 4.27. The molecule has 0 fully saturated rings. The quantitative estimate of drug-likeness (QED) is 0.0273. The molecule has 0 aliphatic carbocycles. The van der Waals surface area contributed by atoms with Gasteiger partial charge in [-0.1, -0.05) is 199 Å². The minimum absolute atomic E-state index is 0.00805. The summed E-state index contributed by atoms with van der Waals surface area (Å²) in [6.45, 7) is 4.72. The van der Waals surface area contributed by atoms with Gasteiger partial charge in [0.15, 0.2) is 0 Å². The molecule has 0 aromatic carbocycles. The second kappa shape index (κ2) is 43.2. The summed E-state index contributed by atoms with van der Waals surface area (Å²) in [5, 5.41) is 13.9. The molecule has 60 heavy (non-hydrogen) atoms. The maximum absolute atomic E-state index is 12.9. The normalized spacial score (nSPS) is 14.3. The van der Waals surface area contributed by atoms with Crippen molar-refractivity contribution in [2.45, 2.75) is 257 Å². The van der Waals surface area contributed by atoms with Crippen LogP contribution in [0.1, 0.15) is 245 Å². The highest BCUT2D eigenvalue weighted by atomic mass is 31.2. The molecule has 356 valence electrons. The Morgan fingerprint density at radius 3 is 1.30 bits per heavy atom. The molecule has 0 radical (unpaired) electrons. The first kappa shape index (κ1) is 59.0. The number of aliphatic hydroxyl groups is 1. The van der Waals surface area contributed by atoms with E-state index in [1.54, 1.807) is 0 Å². The van der Waals surface area contributed by atoms with Gasteiger partial charge in [0.25, 0.3) is 7.82 Å². The van der Waals surface area contributed by atoms with Crippen LogP contribution in [0.5, 0.6) is 0 Å². The van der Waals surface area contributed by atoms with Crippen LogP contribution in [0.4, 0.5) is 0 Å². The maximum atomic E-state index is 12.9. The summed E-state index contributed by atoms with van der Waals surface area (Å²) in [6, 6.07) is -0.815. The van der Waals surface area contributed by atoms with Crippen LogP contribution in [0.3, 0.4) is 0 Å². The Hall–Kier alpha value is -1.02. The van der Waals surface area contributed by atoms with E-state index in [1.165, 1.54) is 173 Å². The molecule has 0 heterocycles. The number of likely N-dealkylation sites (N-methyl/N-ethyl adjacent to an activating group) is 1. The number of rotatable bonds is 47. The average molecular weight is 869 g/mol. The van der Waals surface area contributed by atoms with E-state index in [4.69, 9.17) is 9.05 Å². The second-order valence-corrected chi connectivity index (χ2v) is 20.3. The summed E-state index contributed by atoms with van der Waals surface area (Å²) in [7, 11) is 1.29. The number of aliphatic hydroxyl groups excluding tert-OH is 1. The molecular formula is C51H101N2O6P. The van der Waals surface area contributed by atoms with E-state index in [1.807, 2.05) is 21.1 Å². The van der Waals surface area contributed by atoms with Gasteiger partial charge in [0.1, 0.15) is 13.2 Å². The number of phosphoric acid groups is 1. The molecule has 0 bridgehead atoms. The van der Waals surface area contributed by atoms with Crippen molar-refractivity contribution >= 4 is 13.7 Å². The number of hydrogen-bond acceptors (Lipinski definition) is 6. The highest BCUT2D eigenvalue weighted by Gasteiger charge is 2.24. The number of nitrogens with zero attached hydrogens (tertiary/aromatic N) is 1. The van der Waals surface area contributed by atoms with Gasteiger partial charge in [-0.05, 0) is 64.2 Å². The van der Waals surface area contributed by atoms with Crippen LogP contribution < -0.4 is 10.2 Å². The highest BCUT2D eigenvalue weighted by Crippen LogP contribution is 2.38. The lowest BCUT2D eigenvalue weighted by Gasteiger charge is -2.30. The zero-order valence-corrected chi connectivity index (χ0v) is 41.3. The topological polar surface area (TPSA) is 108 Å². The average Bonchev–Trinajstić information content (AvgIpc) is 3.20. The van der Waals surface area contributed by atoms with Gasteiger partial charge in [0, 0.05) is 6.42 Å². The number of unbranched alkanes of at least 4 members (excludes halogenated alkanes) is 30. The van der Waals surface area contributed by atoms with Gasteiger partial charge < -0.3 is 28.8 Å². The lowest BCUT2D eigenvalue weighted by atomic mass is 10.0. The first-order valence-corrected chi connectivity index (χ1v) is 27.1. The van der Waals surface area contributed by atoms with Crippen molar-refractivity contribution in [3.05, 3.63) is 24.3 Å². The number of carbonyl (C=O) groups excluding carboxylic acids is 1. The van der Waals surface area contributed by atoms with Crippen LogP contribution in [-0.4, -0.2) is 68.5 Å². The number of hydrogen-bond donors (Lipinski definition) is 2. The van der Waals surface area contributed by atoms with E-state index in [0.717, 1.165) is 44.9 Å². The second-order valence-electron chi connectivity index (χ2n) is 18.9. The summed E-state index contributed by atoms with van der Waals surface area (Å²) in [5.74, 6) is -0.173. The summed E-state index contributed by atoms with van der Waals surface area (Å²) in [4.78, 5) is 25.4. The molecule has 2 N–H and O–H groups in total. The van der Waals surface area contributed by atoms with Gasteiger partial charge in [-0.3, -0.25) is 9.36 Å². The Morgan fingerprint density at radius 2 is 0.917 bits per heavy atom. The highest BCUT2D eigenvalue weighted by molar-refractivity contribution is 7.45. The molecule has 1 unspecified atom stereocenters. The van der Waals surface area contributed by atoms with Gasteiger partial charge in [0.05, 0.1) is 39.9 Å². The van der Waals surface area contributed by atoms with Crippen LogP contribution in [0, 0.1) is 0 Å². The summed E-state index contributed by atoms with van der Waals surface area (Å²) >= 11 is 0. The third kappa shape index (κ3) is 45.0. The molecule has 0 spiro atoms. The Morgan fingerprint density at radius 1 is 0.567 bits per heavy atom. The molecule has 0 aliphatic rings. The van der Waals surface area contributed by atoms with E-state index < -0.39 is 20.0 Å². The van der Waals surface area contributed by atoms with Crippen molar-refractivity contribution in [2.24, 2.45) is 0 Å². The number of phosphoric ester groups is 1. The molecule has 0 aromatic rings. The fourth-order valence-electron chi connectivity index (χ4n) is 7.56. The predicted molar refractivity (Wildman–Crippen MR) is 256 cm³/mol. The van der Waals surface area contributed by atoms with Gasteiger partial charge >= 0.3 is 0 Å². The van der Waals surface area contributed by atoms with Crippen molar-refractivity contribution in [1.29, 1.82) is 0 Å². The Kier molecular flexibility index (Phi) is 42.5. The monoisotopic (exact) mass is 869 g/mol. The van der Waals surface area contributed by atoms with Crippen molar-refractivity contribution in [2.75, 3.05) is 40.9 Å². The standard InChI is InChI=1S/C51H101N2O6P/c1-6-8-10-12-14-16-18-20-22-24-25-26-27-29-31-33-35-37-39-41-43-45-51(55)52-49(48-59-60(56,57)58-47-46-53(3,4)5)50(54)44-42-40-38-36-34-32-30-28-23-21-19-17-15-13-11-9-7-2/h20,22,34,36,49-50,54H,6-19,21,23-33,35,37-48H2,1-5H3,(H-,52,55,56,57)/b22-20+,36-34+/t49-,50+/m0/s1. The molecule has 0 aromatic heterocycles. The van der Waals surface area contributed by atoms with Crippen LogP contribution in [0.15, 0.2) is 24.3 Å². The molecular weight excluding hydrogens is 768 g/mol. The zero-order chi connectivity index (χ0) is 44.3. The number of allylic oxidation sites excluding steroid dienone is 4. The third-order valence-corrected chi connectivity index (χ3v) is 12.6. The van der Waals surface area contributed by atoms with Gasteiger partial charge in [-0.2, -0.15) is 0 Å². The number of quaternary nitrogens is 1. The molecule has 9 heteroatoms. The molecule has 3 atom stereocenters. The number of nitrogens with one attached hydrogen (secondary N) is 1. The minimum Gasteiger partial charge on any atom is -0.756 e. The van der Waals surface area contributed by atoms with E-state index in [2.05, 4.69) is 43.5 Å². The summed E-state index contributed by atoms with van der Waals surface area (Å²) in [6.07, 6.45) is 51.9. The first-order chi connectivity index (χ1) is 29.0. The van der Waals surface area contributed by atoms with Gasteiger partial charge in [-0.15, -0.1) is 0 Å². The van der Waals surface area contributed by atoms with Crippen LogP contribution in [-0.2, 0) is 18.4 Å². The SMILES string of the molecule is CCCCCCCC/C=C/CCCCCCCCCCCCCC(=O)N[C@@H](COP(=O)([O-])OCC[N+](C)(C)C)[C@H](O)CCCC/C=C/CCCCCCCCCCCCC. The fourth-order valence-corrected chi connectivity index (χ4v) is 8.28. The largest absolute Gasteiger partial charge is 0.756 e. The zero-order valence-electron chi connectivity index (χ0n) is 40.4. The Labute approximate surface area is 373 Å². The molecule has 0 rings (SSSR count). The van der Waals surface area contributed by atoms with Gasteiger partial charge in [-0.25, -0.2) is 0 Å². The van der Waals surface area contributed by atoms with Crippen molar-refractivity contribution < 1.29 is 32.9 Å². The van der Waals surface area contributed by atoms with E-state index in [-0.39, 0.29) is 19.1 Å². The molecule has 8 nitrogen and oxygen atoms in total. The van der Waals surface area contributed by atoms with E-state index in [0.29, 0.717) is 23.9 Å². The Bertz CT molecular complexity index is 1030. The summed E-state index contributed by atoms with van der Waals surface area (Å²) in [5.41, 5.74) is 0. The van der Waals surface area contributed by atoms with Gasteiger partial charge in [0.2, 0.25) is 5.91 Å². The molecule has 0 saturated carbocycles. The maximum Gasteiger partial charge on any atom is 0.268 e. The van der Waals surface area contributed by atoms with Crippen molar-refractivity contribution in [3.63, 3.8) is 0 Å². The molecule has 0 saturated heterocycles. The van der Waals surface area contributed by atoms with Crippen LogP contribution in [0.2, 0.25) is 0 Å². The minimum atomic E-state index is -4.57. The number of amides is 1.